The summed E-state index contributed by atoms with van der Waals surface area (Å²) >= 11 is 0. The van der Waals surface area contributed by atoms with Gasteiger partial charge in [-0.25, -0.2) is 4.79 Å². The zero-order valence-corrected chi connectivity index (χ0v) is 14.5. The number of allylic oxidation sites excluding steroid dienone is 4. The van der Waals surface area contributed by atoms with Gasteiger partial charge in [0.2, 0.25) is 0 Å². The van der Waals surface area contributed by atoms with Crippen LogP contribution in [0.1, 0.15) is 40.0 Å². The molecule has 0 spiro atoms. The molecule has 0 aromatic heterocycles. The minimum atomic E-state index is -0.381. The molecule has 5 nitrogen and oxygen atoms in total. The monoisotopic (exact) mass is 321 g/mol. The first-order chi connectivity index (χ1) is 10.9. The van der Waals surface area contributed by atoms with Crippen molar-refractivity contribution >= 4 is 5.97 Å². The van der Waals surface area contributed by atoms with Gasteiger partial charge in [0, 0.05) is 30.7 Å². The average molecular weight is 321 g/mol. The molecule has 128 valence electrons. The van der Waals surface area contributed by atoms with E-state index in [1.165, 1.54) is 7.11 Å². The van der Waals surface area contributed by atoms with Gasteiger partial charge >= 0.3 is 5.97 Å². The molecule has 2 heterocycles. The van der Waals surface area contributed by atoms with Crippen molar-refractivity contribution in [2.45, 2.75) is 46.1 Å². The smallest absolute Gasteiger partial charge is 0.328 e. The maximum absolute atomic E-state index is 12.5. The molecule has 2 rings (SSSR count). The normalized spacial score (nSPS) is 20.7. The zero-order valence-electron chi connectivity index (χ0n) is 14.5. The van der Waals surface area contributed by atoms with Gasteiger partial charge in [-0.05, 0) is 52.0 Å². The highest BCUT2D eigenvalue weighted by Gasteiger charge is 2.34. The maximum Gasteiger partial charge on any atom is 0.328 e. The number of hydrogen-bond acceptors (Lipinski definition) is 5. The van der Waals surface area contributed by atoms with Gasteiger partial charge < -0.3 is 19.5 Å². The number of esters is 1. The Morgan fingerprint density at radius 3 is 2.61 bits per heavy atom. The molecule has 2 aliphatic heterocycles. The molecule has 0 amide bonds. The number of ether oxygens (including phenoxy) is 2. The molecule has 1 unspecified atom stereocenters. The molecule has 1 N–H and O–H groups in total. The zero-order chi connectivity index (χ0) is 17.0. The van der Waals surface area contributed by atoms with E-state index in [0.717, 1.165) is 49.4 Å². The summed E-state index contributed by atoms with van der Waals surface area (Å²) in [4.78, 5) is 14.4. The quantitative estimate of drug-likeness (QED) is 0.805. The Bertz CT molecular complexity index is 537. The van der Waals surface area contributed by atoms with Gasteiger partial charge in [0.1, 0.15) is 11.8 Å². The number of carbonyl (C=O) groups excluding carboxylic acids is 1. The van der Waals surface area contributed by atoms with E-state index in [1.807, 2.05) is 25.7 Å². The van der Waals surface area contributed by atoms with Crippen LogP contribution >= 0.6 is 0 Å². The van der Waals surface area contributed by atoms with Crippen molar-refractivity contribution in [2.75, 3.05) is 20.3 Å². The fourth-order valence-electron chi connectivity index (χ4n) is 3.26. The third-order valence-corrected chi connectivity index (χ3v) is 4.48. The Labute approximate surface area is 138 Å². The number of carbonyl (C=O) groups is 1. The molecule has 2 aliphatic rings. The number of methoxy groups -OCH3 is 1. The third-order valence-electron chi connectivity index (χ3n) is 4.48. The molecular formula is C18H27NO4. The van der Waals surface area contributed by atoms with Gasteiger partial charge in [0.25, 0.3) is 0 Å². The second-order valence-corrected chi connectivity index (χ2v) is 6.44. The van der Waals surface area contributed by atoms with Gasteiger partial charge in [-0.3, -0.25) is 0 Å². The number of hydrogen-bond donors (Lipinski definition) is 1. The van der Waals surface area contributed by atoms with Crippen molar-refractivity contribution in [3.8, 4) is 0 Å². The van der Waals surface area contributed by atoms with Gasteiger partial charge in [0.15, 0.2) is 0 Å². The van der Waals surface area contributed by atoms with Crippen molar-refractivity contribution in [2.24, 2.45) is 5.92 Å². The van der Waals surface area contributed by atoms with Crippen molar-refractivity contribution in [3.05, 3.63) is 34.9 Å². The van der Waals surface area contributed by atoms with Gasteiger partial charge in [-0.15, -0.1) is 0 Å². The van der Waals surface area contributed by atoms with Crippen LogP contribution in [-0.2, 0) is 14.3 Å². The van der Waals surface area contributed by atoms with E-state index in [9.17, 15) is 9.90 Å². The summed E-state index contributed by atoms with van der Waals surface area (Å²) in [6, 6.07) is -0.381. The predicted molar refractivity (Wildman–Crippen MR) is 88.6 cm³/mol. The molecule has 1 fully saturated rings. The SMILES string of the molecule is COC(=O)C(CC1CCOCC1)N1C(C)=CC(O)=CC1=C(C)C. The first kappa shape index (κ1) is 17.6. The Kier molecular flexibility index (Phi) is 5.88. The maximum atomic E-state index is 12.5. The van der Waals surface area contributed by atoms with Crippen LogP contribution in [0, 0.1) is 5.92 Å². The Morgan fingerprint density at radius 1 is 1.39 bits per heavy atom. The number of aliphatic hydroxyl groups excluding tert-OH is 1. The second kappa shape index (κ2) is 7.68. The summed E-state index contributed by atoms with van der Waals surface area (Å²) in [6.45, 7) is 7.38. The molecule has 0 radical (unpaired) electrons. The lowest BCUT2D eigenvalue weighted by molar-refractivity contribution is -0.146. The van der Waals surface area contributed by atoms with Crippen LogP contribution < -0.4 is 0 Å². The Morgan fingerprint density at radius 2 is 2.04 bits per heavy atom. The molecule has 5 heteroatoms. The molecular weight excluding hydrogens is 294 g/mol. The largest absolute Gasteiger partial charge is 0.508 e. The third kappa shape index (κ3) is 4.16. The number of rotatable bonds is 4. The molecule has 1 saturated heterocycles. The summed E-state index contributed by atoms with van der Waals surface area (Å²) < 4.78 is 10.5. The summed E-state index contributed by atoms with van der Waals surface area (Å²) in [5.74, 6) is 0.418. The molecule has 0 saturated carbocycles. The van der Waals surface area contributed by atoms with Gasteiger partial charge in [0.05, 0.1) is 7.11 Å². The molecule has 0 aromatic carbocycles. The van der Waals surface area contributed by atoms with E-state index in [2.05, 4.69) is 0 Å². The van der Waals surface area contributed by atoms with Crippen LogP contribution in [0.25, 0.3) is 0 Å². The molecule has 0 aliphatic carbocycles. The lowest BCUT2D eigenvalue weighted by Gasteiger charge is -2.38. The van der Waals surface area contributed by atoms with E-state index < -0.39 is 0 Å². The Hall–Kier alpha value is -1.75. The van der Waals surface area contributed by atoms with Crippen molar-refractivity contribution in [3.63, 3.8) is 0 Å². The number of nitrogens with zero attached hydrogens (tertiary/aromatic N) is 1. The minimum absolute atomic E-state index is 0.213. The summed E-state index contributed by atoms with van der Waals surface area (Å²) in [6.07, 6.45) is 6.06. The lowest BCUT2D eigenvalue weighted by Crippen LogP contribution is -2.43. The highest BCUT2D eigenvalue weighted by Crippen LogP contribution is 2.32. The molecule has 23 heavy (non-hydrogen) atoms. The van der Waals surface area contributed by atoms with Crippen molar-refractivity contribution < 1.29 is 19.4 Å². The van der Waals surface area contributed by atoms with Gasteiger partial charge in [-0.2, -0.15) is 0 Å². The lowest BCUT2D eigenvalue weighted by atomic mass is 9.90. The molecule has 0 bridgehead atoms. The van der Waals surface area contributed by atoms with Crippen LogP contribution in [0.15, 0.2) is 34.9 Å². The average Bonchev–Trinajstić information content (AvgIpc) is 2.52. The van der Waals surface area contributed by atoms with Crippen LogP contribution in [0.2, 0.25) is 0 Å². The van der Waals surface area contributed by atoms with E-state index in [0.29, 0.717) is 5.92 Å². The van der Waals surface area contributed by atoms with Crippen molar-refractivity contribution in [1.29, 1.82) is 0 Å². The van der Waals surface area contributed by atoms with Crippen LogP contribution in [0.4, 0.5) is 0 Å². The highest BCUT2D eigenvalue weighted by molar-refractivity contribution is 5.76. The summed E-state index contributed by atoms with van der Waals surface area (Å²) in [5, 5.41) is 9.91. The first-order valence-corrected chi connectivity index (χ1v) is 8.15. The van der Waals surface area contributed by atoms with Crippen molar-refractivity contribution in [1.82, 2.24) is 4.90 Å². The predicted octanol–water partition coefficient (Wildman–Crippen LogP) is 3.30. The minimum Gasteiger partial charge on any atom is -0.508 e. The van der Waals surface area contributed by atoms with E-state index in [4.69, 9.17) is 9.47 Å². The molecule has 1 atom stereocenters. The van der Waals surface area contributed by atoms with Crippen LogP contribution in [-0.4, -0.2) is 42.3 Å². The van der Waals surface area contributed by atoms with Crippen LogP contribution in [0.3, 0.4) is 0 Å². The molecule has 0 aromatic rings. The summed E-state index contributed by atoms with van der Waals surface area (Å²) in [7, 11) is 1.43. The highest BCUT2D eigenvalue weighted by atomic mass is 16.5. The summed E-state index contributed by atoms with van der Waals surface area (Å²) in [5.41, 5.74) is 2.76. The van der Waals surface area contributed by atoms with E-state index in [1.54, 1.807) is 12.2 Å². The second-order valence-electron chi connectivity index (χ2n) is 6.44. The fourth-order valence-corrected chi connectivity index (χ4v) is 3.26. The van der Waals surface area contributed by atoms with E-state index >= 15 is 0 Å². The van der Waals surface area contributed by atoms with Crippen LogP contribution in [0.5, 0.6) is 0 Å². The van der Waals surface area contributed by atoms with Gasteiger partial charge in [-0.1, -0.05) is 5.57 Å². The fraction of sp³-hybridized carbons (Fsp3) is 0.611. The topological polar surface area (TPSA) is 59.0 Å². The van der Waals surface area contributed by atoms with E-state index in [-0.39, 0.29) is 17.8 Å². The first-order valence-electron chi connectivity index (χ1n) is 8.15. The Balaban J connectivity index is 2.31. The number of aliphatic hydroxyl groups is 1. The standard InChI is InChI=1S/C18H27NO4/c1-12(2)16-11-15(20)9-13(3)19(16)17(18(21)22-4)10-14-5-7-23-8-6-14/h9,11,14,17,20H,5-8,10H2,1-4H3.